The maximum atomic E-state index is 4.54. The molecule has 16 heavy (non-hydrogen) atoms. The topological polar surface area (TPSA) is 12.9 Å². The predicted molar refractivity (Wildman–Crippen MR) is 70.6 cm³/mol. The summed E-state index contributed by atoms with van der Waals surface area (Å²) in [5.41, 5.74) is 1.84. The van der Waals surface area contributed by atoms with Gasteiger partial charge in [0.25, 0.3) is 0 Å². The van der Waals surface area contributed by atoms with Gasteiger partial charge in [0.1, 0.15) is 0 Å². The maximum absolute atomic E-state index is 4.54. The zero-order valence-corrected chi connectivity index (χ0v) is 11.4. The summed E-state index contributed by atoms with van der Waals surface area (Å²) in [4.78, 5) is 4.54. The second-order valence-corrected chi connectivity index (χ2v) is 5.82. The Morgan fingerprint density at radius 3 is 2.19 bits per heavy atom. The zero-order chi connectivity index (χ0) is 12.2. The molecule has 0 radical (unpaired) electrons. The van der Waals surface area contributed by atoms with Gasteiger partial charge in [-0.15, -0.1) is 0 Å². The molecule has 1 nitrogen and oxygen atoms in total. The lowest BCUT2D eigenvalue weighted by atomic mass is 9.69. The van der Waals surface area contributed by atoms with Gasteiger partial charge in [-0.3, -0.25) is 4.98 Å². The molecule has 0 aliphatic carbocycles. The minimum absolute atomic E-state index is 0.209. The van der Waals surface area contributed by atoms with Crippen molar-refractivity contribution in [2.45, 2.75) is 59.3 Å². The van der Waals surface area contributed by atoms with Crippen molar-refractivity contribution in [3.8, 4) is 0 Å². The first-order chi connectivity index (χ1) is 7.43. The number of aromatic nitrogens is 1. The zero-order valence-electron chi connectivity index (χ0n) is 11.4. The molecule has 0 spiro atoms. The number of pyridine rings is 1. The van der Waals surface area contributed by atoms with E-state index in [0.29, 0.717) is 5.41 Å². The molecule has 1 aromatic heterocycles. The van der Waals surface area contributed by atoms with E-state index in [1.54, 1.807) is 0 Å². The van der Waals surface area contributed by atoms with Crippen LogP contribution in [-0.4, -0.2) is 4.98 Å². The summed E-state index contributed by atoms with van der Waals surface area (Å²) in [6, 6.07) is 6.25. The summed E-state index contributed by atoms with van der Waals surface area (Å²) in [6.45, 7) is 11.6. The van der Waals surface area contributed by atoms with Gasteiger partial charge in [-0.05, 0) is 30.4 Å². The summed E-state index contributed by atoms with van der Waals surface area (Å²) < 4.78 is 0. The molecule has 1 aromatic rings. The highest BCUT2D eigenvalue weighted by molar-refractivity contribution is 5.16. The first-order valence-corrected chi connectivity index (χ1v) is 6.35. The highest BCUT2D eigenvalue weighted by atomic mass is 14.7. The fraction of sp³-hybridized carbons (Fsp3) is 0.667. The molecule has 1 heteroatoms. The van der Waals surface area contributed by atoms with Gasteiger partial charge in [-0.25, -0.2) is 0 Å². The Labute approximate surface area is 100 Å². The van der Waals surface area contributed by atoms with Crippen molar-refractivity contribution in [1.82, 2.24) is 4.98 Å². The Kier molecular flexibility index (Phi) is 4.12. The highest BCUT2D eigenvalue weighted by Gasteiger charge is 2.32. The Hall–Kier alpha value is -0.850. The van der Waals surface area contributed by atoms with Crippen molar-refractivity contribution in [1.29, 1.82) is 0 Å². The van der Waals surface area contributed by atoms with Crippen LogP contribution < -0.4 is 0 Å². The van der Waals surface area contributed by atoms with E-state index in [1.807, 2.05) is 12.3 Å². The smallest absolute Gasteiger partial charge is 0.0462 e. The second kappa shape index (κ2) is 4.99. The molecular weight excluding hydrogens is 194 g/mol. The van der Waals surface area contributed by atoms with Gasteiger partial charge in [0, 0.05) is 17.3 Å². The molecule has 0 N–H and O–H groups in total. The molecule has 0 amide bonds. The minimum Gasteiger partial charge on any atom is -0.261 e. The lowest BCUT2D eigenvalue weighted by Crippen LogP contribution is -2.29. The van der Waals surface area contributed by atoms with Gasteiger partial charge in [0.05, 0.1) is 0 Å². The van der Waals surface area contributed by atoms with Crippen LogP contribution >= 0.6 is 0 Å². The van der Waals surface area contributed by atoms with Crippen LogP contribution in [0.4, 0.5) is 0 Å². The van der Waals surface area contributed by atoms with Crippen LogP contribution in [0, 0.1) is 5.41 Å². The van der Waals surface area contributed by atoms with Crippen molar-refractivity contribution in [2.75, 3.05) is 0 Å². The maximum Gasteiger partial charge on any atom is 0.0462 e. The van der Waals surface area contributed by atoms with Crippen LogP contribution in [0.15, 0.2) is 24.4 Å². The highest BCUT2D eigenvalue weighted by Crippen LogP contribution is 2.39. The van der Waals surface area contributed by atoms with E-state index >= 15 is 0 Å². The second-order valence-electron chi connectivity index (χ2n) is 5.82. The van der Waals surface area contributed by atoms with Gasteiger partial charge in [0.2, 0.25) is 0 Å². The molecular formula is C15H25N. The SMILES string of the molecule is CCC(C)(C)CC(C)(CC)c1ccccn1. The first-order valence-electron chi connectivity index (χ1n) is 6.35. The van der Waals surface area contributed by atoms with Crippen molar-refractivity contribution in [3.63, 3.8) is 0 Å². The summed E-state index contributed by atoms with van der Waals surface area (Å²) in [7, 11) is 0. The third-order valence-corrected chi connectivity index (χ3v) is 3.89. The molecule has 0 aromatic carbocycles. The summed E-state index contributed by atoms with van der Waals surface area (Å²) >= 11 is 0. The van der Waals surface area contributed by atoms with Crippen LogP contribution in [0.25, 0.3) is 0 Å². The average molecular weight is 219 g/mol. The van der Waals surface area contributed by atoms with Crippen molar-refractivity contribution in [3.05, 3.63) is 30.1 Å². The number of hydrogen-bond acceptors (Lipinski definition) is 1. The van der Waals surface area contributed by atoms with E-state index in [-0.39, 0.29) is 5.41 Å². The molecule has 0 fully saturated rings. The van der Waals surface area contributed by atoms with Crippen molar-refractivity contribution in [2.24, 2.45) is 5.41 Å². The van der Waals surface area contributed by atoms with Crippen LogP contribution in [-0.2, 0) is 5.41 Å². The molecule has 0 aliphatic heterocycles. The molecule has 0 aliphatic rings. The molecule has 1 rings (SSSR count). The number of nitrogens with zero attached hydrogens (tertiary/aromatic N) is 1. The Morgan fingerprint density at radius 2 is 1.75 bits per heavy atom. The first kappa shape index (κ1) is 13.2. The molecule has 1 unspecified atom stereocenters. The van der Waals surface area contributed by atoms with Gasteiger partial charge < -0.3 is 0 Å². The van der Waals surface area contributed by atoms with Crippen molar-refractivity contribution < 1.29 is 0 Å². The molecule has 0 saturated heterocycles. The molecule has 1 heterocycles. The van der Waals surface area contributed by atoms with E-state index in [9.17, 15) is 0 Å². The van der Waals surface area contributed by atoms with E-state index < -0.39 is 0 Å². The standard InChI is InChI=1S/C15H25N/c1-6-14(3,4)12-15(5,7-2)13-10-8-9-11-16-13/h8-11H,6-7,12H2,1-5H3. The molecule has 1 atom stereocenters. The van der Waals surface area contributed by atoms with Crippen LogP contribution in [0.1, 0.15) is 59.6 Å². The quantitative estimate of drug-likeness (QED) is 0.706. The largest absolute Gasteiger partial charge is 0.261 e. The van der Waals surface area contributed by atoms with Crippen molar-refractivity contribution >= 4 is 0 Å². The Bertz CT molecular complexity index is 315. The van der Waals surface area contributed by atoms with Gasteiger partial charge in [-0.1, -0.05) is 47.1 Å². The lowest BCUT2D eigenvalue weighted by Gasteiger charge is -2.36. The lowest BCUT2D eigenvalue weighted by molar-refractivity contribution is 0.226. The van der Waals surface area contributed by atoms with Gasteiger partial charge in [-0.2, -0.15) is 0 Å². The third-order valence-electron chi connectivity index (χ3n) is 3.89. The normalized spacial score (nSPS) is 15.8. The van der Waals surface area contributed by atoms with Crippen LogP contribution in [0.5, 0.6) is 0 Å². The van der Waals surface area contributed by atoms with Gasteiger partial charge >= 0.3 is 0 Å². The average Bonchev–Trinajstić information content (AvgIpc) is 2.29. The fourth-order valence-corrected chi connectivity index (χ4v) is 2.30. The van der Waals surface area contributed by atoms with Crippen LogP contribution in [0.3, 0.4) is 0 Å². The fourth-order valence-electron chi connectivity index (χ4n) is 2.30. The van der Waals surface area contributed by atoms with E-state index in [0.717, 1.165) is 6.42 Å². The summed E-state index contributed by atoms with van der Waals surface area (Å²) in [6.07, 6.45) is 5.47. The molecule has 90 valence electrons. The third kappa shape index (κ3) is 3.07. The minimum atomic E-state index is 0.209. The van der Waals surface area contributed by atoms with E-state index in [2.05, 4.69) is 51.7 Å². The number of hydrogen-bond donors (Lipinski definition) is 0. The Morgan fingerprint density at radius 1 is 1.06 bits per heavy atom. The van der Waals surface area contributed by atoms with Crippen LogP contribution in [0.2, 0.25) is 0 Å². The van der Waals surface area contributed by atoms with E-state index in [1.165, 1.54) is 18.5 Å². The van der Waals surface area contributed by atoms with E-state index in [4.69, 9.17) is 0 Å². The molecule has 0 bridgehead atoms. The molecule has 0 saturated carbocycles. The summed E-state index contributed by atoms with van der Waals surface area (Å²) in [5.74, 6) is 0. The predicted octanol–water partition coefficient (Wildman–Crippen LogP) is 4.58. The summed E-state index contributed by atoms with van der Waals surface area (Å²) in [5, 5.41) is 0. The Balaban J connectivity index is 2.95. The number of rotatable bonds is 5. The van der Waals surface area contributed by atoms with Gasteiger partial charge in [0.15, 0.2) is 0 Å². The monoisotopic (exact) mass is 219 g/mol.